The molecule has 0 aliphatic heterocycles. The quantitative estimate of drug-likeness (QED) is 0.481. The van der Waals surface area contributed by atoms with Crippen LogP contribution in [0.25, 0.3) is 0 Å². The van der Waals surface area contributed by atoms with Crippen molar-refractivity contribution in [2.45, 2.75) is 24.9 Å². The van der Waals surface area contributed by atoms with E-state index in [0.717, 1.165) is 23.7 Å². The van der Waals surface area contributed by atoms with Gasteiger partial charge in [0.1, 0.15) is 0 Å². The SMILES string of the molecule is O=S(O)OC1(CCI)CC1. The third-order valence-corrected chi connectivity index (χ3v) is 2.64. The molecule has 1 atom stereocenters. The second kappa shape index (κ2) is 3.46. The molecule has 0 aromatic rings. The fraction of sp³-hybridized carbons (Fsp3) is 1.00. The summed E-state index contributed by atoms with van der Waals surface area (Å²) in [6.07, 6.45) is 2.75. The first kappa shape index (κ1) is 8.89. The van der Waals surface area contributed by atoms with Crippen LogP contribution in [0.15, 0.2) is 0 Å². The van der Waals surface area contributed by atoms with Crippen molar-refractivity contribution in [3.05, 3.63) is 0 Å². The van der Waals surface area contributed by atoms with Gasteiger partial charge in [-0.15, -0.1) is 0 Å². The van der Waals surface area contributed by atoms with E-state index in [4.69, 9.17) is 8.74 Å². The second-order valence-electron chi connectivity index (χ2n) is 2.42. The Morgan fingerprint density at radius 2 is 2.30 bits per heavy atom. The maximum absolute atomic E-state index is 10.2. The Bertz CT molecular complexity index is 146. The van der Waals surface area contributed by atoms with E-state index in [1.165, 1.54) is 0 Å². The summed E-state index contributed by atoms with van der Waals surface area (Å²) in [7, 11) is 0. The molecule has 0 amide bonds. The molecule has 10 heavy (non-hydrogen) atoms. The third kappa shape index (κ3) is 2.44. The molecule has 1 N–H and O–H groups in total. The monoisotopic (exact) mass is 276 g/mol. The smallest absolute Gasteiger partial charge is 0.284 e. The highest BCUT2D eigenvalue weighted by atomic mass is 127. The lowest BCUT2D eigenvalue weighted by atomic mass is 10.3. The van der Waals surface area contributed by atoms with Gasteiger partial charge in [0.15, 0.2) is 0 Å². The van der Waals surface area contributed by atoms with Crippen molar-refractivity contribution in [1.82, 2.24) is 0 Å². The van der Waals surface area contributed by atoms with Crippen LogP contribution in [0.5, 0.6) is 0 Å². The van der Waals surface area contributed by atoms with Gasteiger partial charge in [-0.2, -0.15) is 4.21 Å². The van der Waals surface area contributed by atoms with Crippen molar-refractivity contribution in [2.75, 3.05) is 4.43 Å². The minimum Gasteiger partial charge on any atom is -0.284 e. The van der Waals surface area contributed by atoms with Gasteiger partial charge in [-0.05, 0) is 19.3 Å². The van der Waals surface area contributed by atoms with Gasteiger partial charge in [0.05, 0.1) is 5.60 Å². The van der Waals surface area contributed by atoms with Crippen molar-refractivity contribution in [2.24, 2.45) is 0 Å². The largest absolute Gasteiger partial charge is 0.302 e. The van der Waals surface area contributed by atoms with Crippen LogP contribution in [0.2, 0.25) is 0 Å². The van der Waals surface area contributed by atoms with Crippen molar-refractivity contribution in [3.8, 4) is 0 Å². The summed E-state index contributed by atoms with van der Waals surface area (Å²) in [4.78, 5) is 0. The number of halogens is 1. The fourth-order valence-corrected chi connectivity index (χ4v) is 2.37. The van der Waals surface area contributed by atoms with Gasteiger partial charge in [-0.1, -0.05) is 22.6 Å². The van der Waals surface area contributed by atoms with Gasteiger partial charge in [-0.25, -0.2) is 0 Å². The summed E-state index contributed by atoms with van der Waals surface area (Å²) >= 11 is 0.161. The molecule has 1 rings (SSSR count). The Balaban J connectivity index is 2.30. The van der Waals surface area contributed by atoms with Crippen molar-refractivity contribution in [1.29, 1.82) is 0 Å². The van der Waals surface area contributed by atoms with Crippen LogP contribution >= 0.6 is 22.6 Å². The summed E-state index contributed by atoms with van der Waals surface area (Å²) in [6, 6.07) is 0. The second-order valence-corrected chi connectivity index (χ2v) is 4.10. The summed E-state index contributed by atoms with van der Waals surface area (Å²) in [6.45, 7) is 0. The first-order chi connectivity index (χ1) is 4.68. The predicted molar refractivity (Wildman–Crippen MR) is 47.3 cm³/mol. The number of rotatable bonds is 4. The Morgan fingerprint density at radius 1 is 1.70 bits per heavy atom. The topological polar surface area (TPSA) is 46.5 Å². The number of alkyl halides is 1. The standard InChI is InChI=1S/C5H9IO3S/c6-4-3-5(1-2-5)9-10(7)8/h1-4H2,(H,7,8). The highest BCUT2D eigenvalue weighted by Gasteiger charge is 2.45. The van der Waals surface area contributed by atoms with E-state index in [1.807, 2.05) is 0 Å². The molecule has 0 aromatic heterocycles. The molecule has 0 radical (unpaired) electrons. The summed E-state index contributed by atoms with van der Waals surface area (Å²) in [5, 5.41) is 0. The van der Waals surface area contributed by atoms with Gasteiger partial charge >= 0.3 is 11.4 Å². The van der Waals surface area contributed by atoms with Gasteiger partial charge in [0.25, 0.3) is 0 Å². The first-order valence-electron chi connectivity index (χ1n) is 3.05. The molecule has 1 saturated carbocycles. The van der Waals surface area contributed by atoms with E-state index in [0.29, 0.717) is 0 Å². The number of hydrogen-bond acceptors (Lipinski definition) is 2. The predicted octanol–water partition coefficient (Wildman–Crippen LogP) is 1.50. The van der Waals surface area contributed by atoms with Gasteiger partial charge in [0, 0.05) is 4.43 Å². The molecule has 0 spiro atoms. The highest BCUT2D eigenvalue weighted by Crippen LogP contribution is 2.43. The van der Waals surface area contributed by atoms with Crippen molar-refractivity contribution >= 4 is 34.0 Å². The van der Waals surface area contributed by atoms with Crippen LogP contribution < -0.4 is 0 Å². The molecule has 0 aromatic carbocycles. The average Bonchev–Trinajstić information content (AvgIpc) is 2.47. The lowest BCUT2D eigenvalue weighted by Crippen LogP contribution is -2.15. The van der Waals surface area contributed by atoms with E-state index in [2.05, 4.69) is 22.6 Å². The van der Waals surface area contributed by atoms with Gasteiger partial charge in [-0.3, -0.25) is 8.74 Å². The molecule has 1 unspecified atom stereocenters. The van der Waals surface area contributed by atoms with E-state index >= 15 is 0 Å². The minimum atomic E-state index is -2.08. The zero-order chi connectivity index (χ0) is 7.61. The van der Waals surface area contributed by atoms with Crippen molar-refractivity contribution < 1.29 is 12.9 Å². The number of hydrogen-bond donors (Lipinski definition) is 1. The summed E-state index contributed by atoms with van der Waals surface area (Å²) < 4.78 is 24.4. The highest BCUT2D eigenvalue weighted by molar-refractivity contribution is 14.1. The van der Waals surface area contributed by atoms with E-state index < -0.39 is 11.4 Å². The maximum Gasteiger partial charge on any atom is 0.302 e. The third-order valence-electron chi connectivity index (χ3n) is 1.61. The fourth-order valence-electron chi connectivity index (χ4n) is 0.838. The van der Waals surface area contributed by atoms with Crippen LogP contribution in [0.3, 0.4) is 0 Å². The van der Waals surface area contributed by atoms with Crippen molar-refractivity contribution in [3.63, 3.8) is 0 Å². The lowest BCUT2D eigenvalue weighted by Gasteiger charge is -2.09. The molecule has 0 saturated heterocycles. The lowest BCUT2D eigenvalue weighted by molar-refractivity contribution is 0.180. The maximum atomic E-state index is 10.2. The molecule has 1 aliphatic carbocycles. The zero-order valence-electron chi connectivity index (χ0n) is 5.38. The molecule has 3 nitrogen and oxygen atoms in total. The molecule has 0 heterocycles. The molecule has 60 valence electrons. The van der Waals surface area contributed by atoms with E-state index in [9.17, 15) is 4.21 Å². The van der Waals surface area contributed by atoms with Crippen LogP contribution in [-0.2, 0) is 15.5 Å². The summed E-state index contributed by atoms with van der Waals surface area (Å²) in [5.74, 6) is 0. The molecular formula is C5H9IO3S. The molecular weight excluding hydrogens is 267 g/mol. The van der Waals surface area contributed by atoms with Crippen LogP contribution in [0, 0.1) is 0 Å². The van der Waals surface area contributed by atoms with E-state index in [-0.39, 0.29) is 5.60 Å². The Morgan fingerprint density at radius 3 is 2.60 bits per heavy atom. The molecule has 1 aliphatic rings. The Hall–Kier alpha value is 0.800. The Kier molecular flexibility index (Phi) is 3.08. The van der Waals surface area contributed by atoms with Crippen LogP contribution in [0.4, 0.5) is 0 Å². The van der Waals surface area contributed by atoms with Gasteiger partial charge < -0.3 is 0 Å². The Labute approximate surface area is 76.2 Å². The molecule has 5 heteroatoms. The van der Waals surface area contributed by atoms with Crippen LogP contribution in [-0.4, -0.2) is 18.8 Å². The minimum absolute atomic E-state index is 0.235. The van der Waals surface area contributed by atoms with E-state index in [1.54, 1.807) is 0 Å². The van der Waals surface area contributed by atoms with Gasteiger partial charge in [0.2, 0.25) is 0 Å². The normalized spacial score (nSPS) is 24.2. The summed E-state index contributed by atoms with van der Waals surface area (Å²) in [5.41, 5.74) is -0.235. The molecule has 1 fully saturated rings. The zero-order valence-corrected chi connectivity index (χ0v) is 8.35. The van der Waals surface area contributed by atoms with Crippen LogP contribution in [0.1, 0.15) is 19.3 Å². The first-order valence-corrected chi connectivity index (χ1v) is 5.61. The average molecular weight is 276 g/mol. The molecule has 0 bridgehead atoms.